The Morgan fingerprint density at radius 1 is 1.11 bits per heavy atom. The number of halogens is 2. The van der Waals surface area contributed by atoms with E-state index in [1.807, 2.05) is 61.5 Å². The maximum Gasteiger partial charge on any atom is 0.264 e. The molecule has 3 aromatic carbocycles. The predicted molar refractivity (Wildman–Crippen MR) is 120 cm³/mol. The van der Waals surface area contributed by atoms with Crippen LogP contribution in [0.1, 0.15) is 5.56 Å². The van der Waals surface area contributed by atoms with Crippen molar-refractivity contribution in [1.29, 1.82) is 0 Å². The van der Waals surface area contributed by atoms with Crippen LogP contribution < -0.4 is 15.4 Å². The third-order valence-corrected chi connectivity index (χ3v) is 5.08. The molecule has 0 saturated carbocycles. The maximum atomic E-state index is 12.2. The average molecular weight is 508 g/mol. The quantitative estimate of drug-likeness (QED) is 0.453. The highest BCUT2D eigenvalue weighted by Gasteiger charge is 2.11. The molecule has 4 nitrogen and oxygen atoms in total. The third kappa shape index (κ3) is 5.06. The molecule has 0 aliphatic rings. The number of amides is 1. The van der Waals surface area contributed by atoms with Crippen molar-refractivity contribution in [2.45, 2.75) is 6.92 Å². The number of benzene rings is 3. The summed E-state index contributed by atoms with van der Waals surface area (Å²) in [5, 5.41) is 8.07. The Morgan fingerprint density at radius 3 is 2.63 bits per heavy atom. The van der Waals surface area contributed by atoms with E-state index >= 15 is 0 Å². The van der Waals surface area contributed by atoms with Crippen LogP contribution in [0.4, 0.5) is 5.69 Å². The second-order valence-electron chi connectivity index (χ2n) is 5.85. The Bertz CT molecular complexity index is 996. The monoisotopic (exact) mass is 506 g/mol. The van der Waals surface area contributed by atoms with Gasteiger partial charge < -0.3 is 10.1 Å². The molecule has 0 radical (unpaired) electrons. The SMILES string of the molecule is Cc1cc(Br)cc(Br)c1OCC(=O)NC(=S)Nc1cccc2ccccc12. The summed E-state index contributed by atoms with van der Waals surface area (Å²) in [5.74, 6) is 0.295. The second-order valence-corrected chi connectivity index (χ2v) is 8.03. The molecule has 2 N–H and O–H groups in total. The highest BCUT2D eigenvalue weighted by atomic mass is 79.9. The molecule has 0 heterocycles. The Labute approximate surface area is 179 Å². The zero-order valence-electron chi connectivity index (χ0n) is 14.4. The highest BCUT2D eigenvalue weighted by Crippen LogP contribution is 2.32. The molecule has 1 amide bonds. The molecular weight excluding hydrogens is 492 g/mol. The molecular formula is C20H16Br2N2O2S. The lowest BCUT2D eigenvalue weighted by Gasteiger charge is -2.14. The lowest BCUT2D eigenvalue weighted by Crippen LogP contribution is -2.37. The number of ether oxygens (including phenoxy) is 1. The van der Waals surface area contributed by atoms with Crippen LogP contribution in [0.5, 0.6) is 5.75 Å². The summed E-state index contributed by atoms with van der Waals surface area (Å²) in [6, 6.07) is 17.6. The molecule has 0 saturated heterocycles. The van der Waals surface area contributed by atoms with Crippen LogP contribution in [0.15, 0.2) is 63.5 Å². The molecule has 7 heteroatoms. The number of aryl methyl sites for hydroxylation is 1. The van der Waals surface area contributed by atoms with E-state index in [1.54, 1.807) is 0 Å². The van der Waals surface area contributed by atoms with E-state index in [0.29, 0.717) is 5.75 Å². The molecule has 27 heavy (non-hydrogen) atoms. The van der Waals surface area contributed by atoms with Gasteiger partial charge in [0.2, 0.25) is 0 Å². The van der Waals surface area contributed by atoms with Crippen molar-refractivity contribution in [3.05, 3.63) is 69.1 Å². The fourth-order valence-electron chi connectivity index (χ4n) is 2.66. The molecule has 0 aromatic heterocycles. The smallest absolute Gasteiger partial charge is 0.264 e. The van der Waals surface area contributed by atoms with Gasteiger partial charge in [0.1, 0.15) is 5.75 Å². The molecule has 3 rings (SSSR count). The van der Waals surface area contributed by atoms with E-state index < -0.39 is 0 Å². The molecule has 0 fully saturated rings. The minimum atomic E-state index is -0.332. The first-order valence-electron chi connectivity index (χ1n) is 8.11. The van der Waals surface area contributed by atoms with Gasteiger partial charge in [-0.15, -0.1) is 0 Å². The van der Waals surface area contributed by atoms with Crippen molar-refractivity contribution in [1.82, 2.24) is 5.32 Å². The molecule has 0 spiro atoms. The zero-order chi connectivity index (χ0) is 19.4. The van der Waals surface area contributed by atoms with Gasteiger partial charge in [-0.3, -0.25) is 10.1 Å². The van der Waals surface area contributed by atoms with Crippen molar-refractivity contribution in [2.24, 2.45) is 0 Å². The summed E-state index contributed by atoms with van der Waals surface area (Å²) in [4.78, 5) is 12.2. The molecule has 0 unspecified atom stereocenters. The molecule has 0 aliphatic carbocycles. The summed E-state index contributed by atoms with van der Waals surface area (Å²) < 4.78 is 7.35. The number of fused-ring (bicyclic) bond motifs is 1. The van der Waals surface area contributed by atoms with E-state index in [9.17, 15) is 4.79 Å². The van der Waals surface area contributed by atoms with E-state index in [-0.39, 0.29) is 17.6 Å². The lowest BCUT2D eigenvalue weighted by molar-refractivity contribution is -0.121. The summed E-state index contributed by atoms with van der Waals surface area (Å²) in [5.41, 5.74) is 1.76. The normalized spacial score (nSPS) is 10.5. The van der Waals surface area contributed by atoms with E-state index in [1.165, 1.54) is 0 Å². The summed E-state index contributed by atoms with van der Waals surface area (Å²) >= 11 is 12.1. The number of carbonyl (C=O) groups is 1. The van der Waals surface area contributed by atoms with E-state index in [2.05, 4.69) is 42.5 Å². The highest BCUT2D eigenvalue weighted by molar-refractivity contribution is 9.11. The first-order chi connectivity index (χ1) is 12.9. The van der Waals surface area contributed by atoms with Crippen molar-refractivity contribution in [3.63, 3.8) is 0 Å². The molecule has 3 aromatic rings. The number of hydrogen-bond donors (Lipinski definition) is 2. The van der Waals surface area contributed by atoms with Crippen LogP contribution in [0.2, 0.25) is 0 Å². The summed E-state index contributed by atoms with van der Waals surface area (Å²) in [6.07, 6.45) is 0. The van der Waals surface area contributed by atoms with Gasteiger partial charge in [0.15, 0.2) is 11.7 Å². The van der Waals surface area contributed by atoms with Crippen molar-refractivity contribution in [3.8, 4) is 5.75 Å². The van der Waals surface area contributed by atoms with Gasteiger partial charge in [0.25, 0.3) is 5.91 Å². The maximum absolute atomic E-state index is 12.2. The molecule has 0 bridgehead atoms. The van der Waals surface area contributed by atoms with Gasteiger partial charge in [0, 0.05) is 15.5 Å². The lowest BCUT2D eigenvalue weighted by atomic mass is 10.1. The summed E-state index contributed by atoms with van der Waals surface area (Å²) in [7, 11) is 0. The fraction of sp³-hybridized carbons (Fsp3) is 0.100. The fourth-order valence-corrected chi connectivity index (χ4v) is 4.44. The van der Waals surface area contributed by atoms with Crippen LogP contribution in [0, 0.1) is 6.92 Å². The Hall–Kier alpha value is -1.96. The number of anilines is 1. The predicted octanol–water partition coefficient (Wildman–Crippen LogP) is 5.57. The largest absolute Gasteiger partial charge is 0.482 e. The topological polar surface area (TPSA) is 50.4 Å². The van der Waals surface area contributed by atoms with Crippen LogP contribution in [-0.4, -0.2) is 17.6 Å². The van der Waals surface area contributed by atoms with Crippen molar-refractivity contribution >= 4 is 71.6 Å². The number of carbonyl (C=O) groups excluding carboxylic acids is 1. The minimum Gasteiger partial charge on any atom is -0.482 e. The second kappa shape index (κ2) is 8.82. The van der Waals surface area contributed by atoms with Crippen LogP contribution >= 0.6 is 44.1 Å². The van der Waals surface area contributed by atoms with Gasteiger partial charge in [-0.1, -0.05) is 52.3 Å². The standard InChI is InChI=1S/C20H16Br2N2O2S/c1-12-9-14(21)10-16(22)19(12)26-11-18(25)24-20(27)23-17-8-4-6-13-5-2-3-7-15(13)17/h2-10H,11H2,1H3,(H2,23,24,25,27). The third-order valence-electron chi connectivity index (χ3n) is 3.83. The van der Waals surface area contributed by atoms with Crippen molar-refractivity contribution in [2.75, 3.05) is 11.9 Å². The Morgan fingerprint density at radius 2 is 1.85 bits per heavy atom. The molecule has 0 aliphatic heterocycles. The van der Waals surface area contributed by atoms with E-state index in [4.69, 9.17) is 17.0 Å². The van der Waals surface area contributed by atoms with Gasteiger partial charge in [-0.05, 0) is 64.2 Å². The van der Waals surface area contributed by atoms with Crippen LogP contribution in [0.25, 0.3) is 10.8 Å². The van der Waals surface area contributed by atoms with Gasteiger partial charge >= 0.3 is 0 Å². The number of hydrogen-bond acceptors (Lipinski definition) is 3. The first-order valence-corrected chi connectivity index (χ1v) is 10.1. The molecule has 138 valence electrons. The molecule has 0 atom stereocenters. The zero-order valence-corrected chi connectivity index (χ0v) is 18.4. The average Bonchev–Trinajstić information content (AvgIpc) is 2.61. The van der Waals surface area contributed by atoms with Crippen LogP contribution in [-0.2, 0) is 4.79 Å². The van der Waals surface area contributed by atoms with Crippen molar-refractivity contribution < 1.29 is 9.53 Å². The van der Waals surface area contributed by atoms with E-state index in [0.717, 1.165) is 31.0 Å². The number of nitrogens with one attached hydrogen (secondary N) is 2. The number of thiocarbonyl (C=S) groups is 1. The minimum absolute atomic E-state index is 0.140. The van der Waals surface area contributed by atoms with Gasteiger partial charge in [-0.2, -0.15) is 0 Å². The van der Waals surface area contributed by atoms with Gasteiger partial charge in [0.05, 0.1) is 4.47 Å². The number of rotatable bonds is 4. The van der Waals surface area contributed by atoms with Gasteiger partial charge in [-0.25, -0.2) is 0 Å². The first kappa shape index (κ1) is 19.8. The Balaban J connectivity index is 1.60. The van der Waals surface area contributed by atoms with Crippen LogP contribution in [0.3, 0.4) is 0 Å². The Kier molecular flexibility index (Phi) is 6.46. The summed E-state index contributed by atoms with van der Waals surface area (Å²) in [6.45, 7) is 1.77.